The van der Waals surface area contributed by atoms with Gasteiger partial charge in [-0.25, -0.2) is 0 Å². The molecule has 4 rings (SSSR count). The Balaban J connectivity index is 1.84. The molecular formula is C21H22N4O. The van der Waals surface area contributed by atoms with Gasteiger partial charge in [0.25, 0.3) is 0 Å². The predicted molar refractivity (Wildman–Crippen MR) is 104 cm³/mol. The number of benzene rings is 1. The van der Waals surface area contributed by atoms with Crippen LogP contribution in [0.15, 0.2) is 54.9 Å². The molecule has 0 radical (unpaired) electrons. The lowest BCUT2D eigenvalue weighted by Crippen LogP contribution is -2.23. The van der Waals surface area contributed by atoms with E-state index in [-0.39, 0.29) is 0 Å². The van der Waals surface area contributed by atoms with E-state index in [0.29, 0.717) is 12.1 Å². The Bertz CT molecular complexity index is 988. The van der Waals surface area contributed by atoms with Gasteiger partial charge in [-0.3, -0.25) is 9.78 Å². The maximum Gasteiger partial charge on any atom is 0.248 e. The van der Waals surface area contributed by atoms with E-state index in [0.717, 1.165) is 36.1 Å². The standard InChI is InChI=1S/C21H22N4O/c1-24-10-7-15(8-11-24)19-14-25(13-17-4-2-3-9-23-17)20-6-5-16(21(22)26)12-18(19)20/h2-7,9,12,14H,8,10-11,13H2,1H3,(H2,22,26). The van der Waals surface area contributed by atoms with Crippen molar-refractivity contribution in [3.63, 3.8) is 0 Å². The number of likely N-dealkylation sites (N-methyl/N-ethyl adjacent to an activating group) is 1. The van der Waals surface area contributed by atoms with E-state index in [9.17, 15) is 4.79 Å². The molecule has 0 unspecified atom stereocenters. The fraction of sp³-hybridized carbons (Fsp3) is 0.238. The average Bonchev–Trinajstić information content (AvgIpc) is 3.01. The number of rotatable bonds is 4. The summed E-state index contributed by atoms with van der Waals surface area (Å²) in [5, 5.41) is 1.08. The zero-order valence-electron chi connectivity index (χ0n) is 14.9. The van der Waals surface area contributed by atoms with Gasteiger partial charge in [-0.05, 0) is 49.4 Å². The molecule has 1 aliphatic rings. The van der Waals surface area contributed by atoms with Gasteiger partial charge in [-0.15, -0.1) is 0 Å². The molecule has 0 aliphatic carbocycles. The van der Waals surface area contributed by atoms with Crippen LogP contribution in [0.4, 0.5) is 0 Å². The first-order valence-electron chi connectivity index (χ1n) is 8.82. The Morgan fingerprint density at radius 2 is 2.15 bits per heavy atom. The van der Waals surface area contributed by atoms with Gasteiger partial charge in [0.15, 0.2) is 0 Å². The molecule has 0 bridgehead atoms. The number of hydrogen-bond acceptors (Lipinski definition) is 3. The maximum atomic E-state index is 11.7. The van der Waals surface area contributed by atoms with Gasteiger partial charge in [0, 0.05) is 47.5 Å². The molecular weight excluding hydrogens is 324 g/mol. The van der Waals surface area contributed by atoms with E-state index in [1.807, 2.05) is 36.5 Å². The molecule has 0 spiro atoms. The van der Waals surface area contributed by atoms with Gasteiger partial charge in [0.1, 0.15) is 0 Å². The van der Waals surface area contributed by atoms with Crippen LogP contribution in [-0.4, -0.2) is 40.5 Å². The summed E-state index contributed by atoms with van der Waals surface area (Å²) in [7, 11) is 2.13. The van der Waals surface area contributed by atoms with Gasteiger partial charge in [0.2, 0.25) is 5.91 Å². The fourth-order valence-corrected chi connectivity index (χ4v) is 3.52. The highest BCUT2D eigenvalue weighted by Gasteiger charge is 2.17. The molecule has 5 nitrogen and oxygen atoms in total. The SMILES string of the molecule is CN1CC=C(c2cn(Cc3ccccn3)c3ccc(C(N)=O)cc23)CC1. The number of carbonyl (C=O) groups is 1. The van der Waals surface area contributed by atoms with Crippen molar-refractivity contribution in [3.8, 4) is 0 Å². The lowest BCUT2D eigenvalue weighted by molar-refractivity contribution is 0.100. The number of carbonyl (C=O) groups excluding carboxylic acids is 1. The minimum absolute atomic E-state index is 0.396. The molecule has 26 heavy (non-hydrogen) atoms. The quantitative estimate of drug-likeness (QED) is 0.790. The monoisotopic (exact) mass is 346 g/mol. The van der Waals surface area contributed by atoms with Gasteiger partial charge in [-0.2, -0.15) is 0 Å². The Hall–Kier alpha value is -2.92. The molecule has 2 N–H and O–H groups in total. The van der Waals surface area contributed by atoms with E-state index in [1.54, 1.807) is 6.07 Å². The van der Waals surface area contributed by atoms with Crippen molar-refractivity contribution in [1.29, 1.82) is 0 Å². The van der Waals surface area contributed by atoms with Crippen LogP contribution < -0.4 is 5.73 Å². The Kier molecular flexibility index (Phi) is 4.31. The topological polar surface area (TPSA) is 64.2 Å². The Morgan fingerprint density at radius 1 is 1.27 bits per heavy atom. The van der Waals surface area contributed by atoms with Crippen LogP contribution >= 0.6 is 0 Å². The highest BCUT2D eigenvalue weighted by molar-refractivity contribution is 6.00. The van der Waals surface area contributed by atoms with Gasteiger partial charge in [0.05, 0.1) is 12.2 Å². The normalized spacial score (nSPS) is 15.2. The zero-order valence-corrected chi connectivity index (χ0v) is 14.9. The third-order valence-electron chi connectivity index (χ3n) is 4.98. The first-order chi connectivity index (χ1) is 12.6. The lowest BCUT2D eigenvalue weighted by Gasteiger charge is -2.21. The molecule has 2 aromatic heterocycles. The maximum absolute atomic E-state index is 11.7. The molecule has 0 saturated heterocycles. The van der Waals surface area contributed by atoms with E-state index < -0.39 is 5.91 Å². The summed E-state index contributed by atoms with van der Waals surface area (Å²) in [6, 6.07) is 11.6. The minimum Gasteiger partial charge on any atom is -0.366 e. The molecule has 0 saturated carbocycles. The fourth-order valence-electron chi connectivity index (χ4n) is 3.52. The van der Waals surface area contributed by atoms with Crippen molar-refractivity contribution in [2.45, 2.75) is 13.0 Å². The van der Waals surface area contributed by atoms with Gasteiger partial charge >= 0.3 is 0 Å². The number of amides is 1. The van der Waals surface area contributed by atoms with E-state index in [4.69, 9.17) is 5.73 Å². The summed E-state index contributed by atoms with van der Waals surface area (Å²) in [4.78, 5) is 18.4. The molecule has 0 fully saturated rings. The smallest absolute Gasteiger partial charge is 0.248 e. The van der Waals surface area contributed by atoms with Crippen molar-refractivity contribution in [2.24, 2.45) is 5.73 Å². The summed E-state index contributed by atoms with van der Waals surface area (Å²) >= 11 is 0. The largest absolute Gasteiger partial charge is 0.366 e. The number of nitrogens with two attached hydrogens (primary N) is 1. The summed E-state index contributed by atoms with van der Waals surface area (Å²) in [5.74, 6) is -0.396. The molecule has 1 amide bonds. The summed E-state index contributed by atoms with van der Waals surface area (Å²) in [6.07, 6.45) is 7.27. The van der Waals surface area contributed by atoms with Crippen LogP contribution in [0.25, 0.3) is 16.5 Å². The van der Waals surface area contributed by atoms with Crippen molar-refractivity contribution in [2.75, 3.05) is 20.1 Å². The average molecular weight is 346 g/mol. The van der Waals surface area contributed by atoms with E-state index >= 15 is 0 Å². The number of pyridine rings is 1. The second-order valence-corrected chi connectivity index (χ2v) is 6.83. The predicted octanol–water partition coefficient (Wildman–Crippen LogP) is 2.90. The Labute approximate surface area is 152 Å². The third kappa shape index (κ3) is 3.13. The highest BCUT2D eigenvalue weighted by Crippen LogP contribution is 2.32. The Morgan fingerprint density at radius 3 is 2.85 bits per heavy atom. The number of nitrogens with zero attached hydrogens (tertiary/aromatic N) is 3. The zero-order chi connectivity index (χ0) is 18.1. The number of primary amides is 1. The van der Waals surface area contributed by atoms with Crippen LogP contribution in [0.1, 0.15) is 28.0 Å². The van der Waals surface area contributed by atoms with Crippen LogP contribution in [0.3, 0.4) is 0 Å². The van der Waals surface area contributed by atoms with Gasteiger partial charge in [-0.1, -0.05) is 12.1 Å². The molecule has 0 atom stereocenters. The summed E-state index contributed by atoms with van der Waals surface area (Å²) < 4.78 is 2.21. The van der Waals surface area contributed by atoms with Crippen molar-refractivity contribution in [3.05, 3.63) is 71.7 Å². The van der Waals surface area contributed by atoms with Crippen LogP contribution in [0.5, 0.6) is 0 Å². The first kappa shape index (κ1) is 16.5. The van der Waals surface area contributed by atoms with Crippen LogP contribution in [0.2, 0.25) is 0 Å². The first-order valence-corrected chi connectivity index (χ1v) is 8.82. The summed E-state index contributed by atoms with van der Waals surface area (Å²) in [5.41, 5.74) is 10.7. The molecule has 5 heteroatoms. The molecule has 1 aromatic carbocycles. The highest BCUT2D eigenvalue weighted by atomic mass is 16.1. The molecule has 1 aliphatic heterocycles. The van der Waals surface area contributed by atoms with E-state index in [2.05, 4.69) is 33.8 Å². The second-order valence-electron chi connectivity index (χ2n) is 6.83. The van der Waals surface area contributed by atoms with E-state index in [1.165, 1.54) is 11.1 Å². The number of aromatic nitrogens is 2. The van der Waals surface area contributed by atoms with Crippen molar-refractivity contribution < 1.29 is 4.79 Å². The summed E-state index contributed by atoms with van der Waals surface area (Å²) in [6.45, 7) is 2.67. The van der Waals surface area contributed by atoms with Crippen LogP contribution in [0, 0.1) is 0 Å². The van der Waals surface area contributed by atoms with Crippen molar-refractivity contribution >= 4 is 22.4 Å². The minimum atomic E-state index is -0.396. The number of hydrogen-bond donors (Lipinski definition) is 1. The third-order valence-corrected chi connectivity index (χ3v) is 4.98. The molecule has 132 valence electrons. The van der Waals surface area contributed by atoms with Crippen molar-refractivity contribution in [1.82, 2.24) is 14.5 Å². The molecule has 3 aromatic rings. The molecule has 3 heterocycles. The lowest BCUT2D eigenvalue weighted by atomic mass is 9.98. The number of fused-ring (bicyclic) bond motifs is 1. The second kappa shape index (κ2) is 6.77. The van der Waals surface area contributed by atoms with Gasteiger partial charge < -0.3 is 15.2 Å². The van der Waals surface area contributed by atoms with Crippen LogP contribution in [-0.2, 0) is 6.54 Å².